The van der Waals surface area contributed by atoms with Crippen molar-refractivity contribution >= 4 is 11.6 Å². The van der Waals surface area contributed by atoms with Gasteiger partial charge in [-0.15, -0.1) is 0 Å². The van der Waals surface area contributed by atoms with Gasteiger partial charge in [-0.05, 0) is 25.7 Å². The summed E-state index contributed by atoms with van der Waals surface area (Å²) < 4.78 is 5.35. The monoisotopic (exact) mass is 236 g/mol. The van der Waals surface area contributed by atoms with Gasteiger partial charge in [0, 0.05) is 32.4 Å². The predicted molar refractivity (Wildman–Crippen MR) is 68.3 cm³/mol. The smallest absolute Gasteiger partial charge is 0.134 e. The molecular weight excluding hydrogens is 216 g/mol. The van der Waals surface area contributed by atoms with Crippen molar-refractivity contribution in [1.29, 1.82) is 0 Å². The van der Waals surface area contributed by atoms with E-state index >= 15 is 0 Å². The normalized spacial score (nSPS) is 16.8. The van der Waals surface area contributed by atoms with Crippen LogP contribution in [0.5, 0.6) is 0 Å². The Morgan fingerprint density at radius 3 is 2.71 bits per heavy atom. The minimum Gasteiger partial charge on any atom is -0.381 e. The molecule has 1 aliphatic heterocycles. The van der Waals surface area contributed by atoms with Crippen LogP contribution in [0.2, 0.25) is 0 Å². The molecule has 0 bridgehead atoms. The summed E-state index contributed by atoms with van der Waals surface area (Å²) in [7, 11) is 1.87. The Balaban J connectivity index is 1.93. The zero-order valence-corrected chi connectivity index (χ0v) is 10.5. The van der Waals surface area contributed by atoms with Gasteiger partial charge in [0.1, 0.15) is 18.0 Å². The predicted octanol–water partition coefficient (Wildman–Crippen LogP) is 1.67. The number of nitrogens with zero attached hydrogens (tertiary/aromatic N) is 2. The Morgan fingerprint density at radius 2 is 2.00 bits per heavy atom. The minimum absolute atomic E-state index is 0.691. The molecule has 1 fully saturated rings. The highest BCUT2D eigenvalue weighted by molar-refractivity contribution is 5.55. The fraction of sp³-hybridized carbons (Fsp3) is 0.667. The quantitative estimate of drug-likeness (QED) is 0.832. The highest BCUT2D eigenvalue weighted by Gasteiger charge is 2.14. The van der Waals surface area contributed by atoms with Gasteiger partial charge in [0.15, 0.2) is 0 Å². The van der Waals surface area contributed by atoms with Crippen molar-refractivity contribution < 1.29 is 4.74 Å². The fourth-order valence-corrected chi connectivity index (χ4v) is 2.07. The highest BCUT2D eigenvalue weighted by Crippen LogP contribution is 2.20. The van der Waals surface area contributed by atoms with Crippen molar-refractivity contribution in [2.75, 3.05) is 37.4 Å². The number of anilines is 2. The van der Waals surface area contributed by atoms with Gasteiger partial charge in [-0.3, -0.25) is 0 Å². The molecular formula is C12H20N4O. The van der Waals surface area contributed by atoms with Crippen molar-refractivity contribution in [2.24, 2.45) is 5.92 Å². The molecule has 0 saturated carbocycles. The molecule has 0 atom stereocenters. The second-order valence-electron chi connectivity index (χ2n) is 4.38. The van der Waals surface area contributed by atoms with Gasteiger partial charge in [0.05, 0.1) is 0 Å². The zero-order chi connectivity index (χ0) is 12.1. The van der Waals surface area contributed by atoms with E-state index in [-0.39, 0.29) is 0 Å². The Labute approximate surface area is 102 Å². The van der Waals surface area contributed by atoms with Crippen molar-refractivity contribution in [3.63, 3.8) is 0 Å². The van der Waals surface area contributed by atoms with E-state index < -0.39 is 0 Å². The molecule has 2 N–H and O–H groups in total. The van der Waals surface area contributed by atoms with Crippen LogP contribution < -0.4 is 10.6 Å². The molecule has 2 rings (SSSR count). The summed E-state index contributed by atoms with van der Waals surface area (Å²) in [5.74, 6) is 2.50. The topological polar surface area (TPSA) is 59.1 Å². The molecule has 0 spiro atoms. The van der Waals surface area contributed by atoms with Gasteiger partial charge in [0.2, 0.25) is 0 Å². The van der Waals surface area contributed by atoms with Gasteiger partial charge < -0.3 is 15.4 Å². The van der Waals surface area contributed by atoms with Crippen molar-refractivity contribution in [3.8, 4) is 0 Å². The summed E-state index contributed by atoms with van der Waals surface area (Å²) in [5.41, 5.74) is 1.07. The maximum Gasteiger partial charge on any atom is 0.134 e. The molecule has 2 heterocycles. The maximum atomic E-state index is 5.35. The molecule has 5 heteroatoms. The number of hydrogen-bond acceptors (Lipinski definition) is 5. The highest BCUT2D eigenvalue weighted by atomic mass is 16.5. The number of hydrogen-bond donors (Lipinski definition) is 2. The summed E-state index contributed by atoms with van der Waals surface area (Å²) >= 11 is 0. The minimum atomic E-state index is 0.691. The van der Waals surface area contributed by atoms with Crippen LogP contribution in [-0.4, -0.2) is 36.8 Å². The summed E-state index contributed by atoms with van der Waals surface area (Å²) in [5, 5.41) is 6.47. The van der Waals surface area contributed by atoms with Crippen LogP contribution in [0.1, 0.15) is 18.4 Å². The summed E-state index contributed by atoms with van der Waals surface area (Å²) in [6.07, 6.45) is 3.86. The number of nitrogens with one attached hydrogen (secondary N) is 2. The molecule has 1 aromatic heterocycles. The number of rotatable bonds is 4. The van der Waals surface area contributed by atoms with E-state index in [1.807, 2.05) is 14.0 Å². The van der Waals surface area contributed by atoms with Crippen molar-refractivity contribution in [1.82, 2.24) is 9.97 Å². The largest absolute Gasteiger partial charge is 0.381 e. The molecule has 1 saturated heterocycles. The van der Waals surface area contributed by atoms with E-state index in [2.05, 4.69) is 20.6 Å². The summed E-state index contributed by atoms with van der Waals surface area (Å²) in [6, 6.07) is 0. The lowest BCUT2D eigenvalue weighted by atomic mass is 10.0. The van der Waals surface area contributed by atoms with E-state index in [0.717, 1.165) is 49.8 Å². The van der Waals surface area contributed by atoms with Crippen LogP contribution in [0, 0.1) is 12.8 Å². The lowest BCUT2D eigenvalue weighted by molar-refractivity contribution is 0.0699. The molecule has 0 radical (unpaired) electrons. The standard InChI is InChI=1S/C12H20N4O/c1-9-11(13-2)15-8-16-12(9)14-7-10-3-5-17-6-4-10/h8,10H,3-7H2,1-2H3,(H2,13,14,15,16). The van der Waals surface area contributed by atoms with Gasteiger partial charge in [0.25, 0.3) is 0 Å². The first-order valence-corrected chi connectivity index (χ1v) is 6.12. The van der Waals surface area contributed by atoms with E-state index in [1.165, 1.54) is 0 Å². The second-order valence-corrected chi connectivity index (χ2v) is 4.38. The molecule has 0 aromatic carbocycles. The Bertz CT molecular complexity index is 364. The number of aromatic nitrogens is 2. The molecule has 94 valence electrons. The van der Waals surface area contributed by atoms with E-state index in [1.54, 1.807) is 6.33 Å². The van der Waals surface area contributed by atoms with Crippen LogP contribution in [0.25, 0.3) is 0 Å². The second kappa shape index (κ2) is 5.82. The first kappa shape index (κ1) is 12.1. The average Bonchev–Trinajstić information content (AvgIpc) is 2.39. The van der Waals surface area contributed by atoms with E-state index in [4.69, 9.17) is 4.74 Å². The third kappa shape index (κ3) is 3.06. The fourth-order valence-electron chi connectivity index (χ4n) is 2.07. The lowest BCUT2D eigenvalue weighted by Gasteiger charge is -2.22. The third-order valence-electron chi connectivity index (χ3n) is 3.22. The molecule has 1 aliphatic rings. The third-order valence-corrected chi connectivity index (χ3v) is 3.22. The zero-order valence-electron chi connectivity index (χ0n) is 10.5. The van der Waals surface area contributed by atoms with Crippen LogP contribution in [0.15, 0.2) is 6.33 Å². The Kier molecular flexibility index (Phi) is 4.14. The molecule has 0 unspecified atom stereocenters. The molecule has 17 heavy (non-hydrogen) atoms. The molecule has 0 aliphatic carbocycles. The first-order valence-electron chi connectivity index (χ1n) is 6.12. The van der Waals surface area contributed by atoms with Gasteiger partial charge >= 0.3 is 0 Å². The maximum absolute atomic E-state index is 5.35. The Hall–Kier alpha value is -1.36. The van der Waals surface area contributed by atoms with Gasteiger partial charge in [-0.2, -0.15) is 0 Å². The van der Waals surface area contributed by atoms with Gasteiger partial charge in [-0.25, -0.2) is 9.97 Å². The van der Waals surface area contributed by atoms with E-state index in [9.17, 15) is 0 Å². The number of ether oxygens (including phenoxy) is 1. The van der Waals surface area contributed by atoms with Crippen LogP contribution in [0.3, 0.4) is 0 Å². The van der Waals surface area contributed by atoms with Crippen LogP contribution in [0.4, 0.5) is 11.6 Å². The molecule has 5 nitrogen and oxygen atoms in total. The first-order chi connectivity index (χ1) is 8.31. The average molecular weight is 236 g/mol. The SMILES string of the molecule is CNc1ncnc(NCC2CCOCC2)c1C. The van der Waals surface area contributed by atoms with E-state index in [0.29, 0.717) is 5.92 Å². The molecule has 1 aromatic rings. The van der Waals surface area contributed by atoms with Crippen LogP contribution in [-0.2, 0) is 4.74 Å². The van der Waals surface area contributed by atoms with Crippen molar-refractivity contribution in [3.05, 3.63) is 11.9 Å². The summed E-state index contributed by atoms with van der Waals surface area (Å²) in [4.78, 5) is 8.45. The van der Waals surface area contributed by atoms with Gasteiger partial charge in [-0.1, -0.05) is 0 Å². The lowest BCUT2D eigenvalue weighted by Crippen LogP contribution is -2.23. The summed E-state index contributed by atoms with van der Waals surface area (Å²) in [6.45, 7) is 4.76. The van der Waals surface area contributed by atoms with Crippen LogP contribution >= 0.6 is 0 Å². The Morgan fingerprint density at radius 1 is 1.29 bits per heavy atom. The van der Waals surface area contributed by atoms with Crippen molar-refractivity contribution in [2.45, 2.75) is 19.8 Å². The molecule has 0 amide bonds.